The van der Waals surface area contributed by atoms with Crippen molar-refractivity contribution >= 4 is 35.4 Å². The van der Waals surface area contributed by atoms with Crippen LogP contribution in [0.5, 0.6) is 0 Å². The van der Waals surface area contributed by atoms with Crippen LogP contribution in [-0.2, 0) is 22.1 Å². The number of carbonyl (C=O) groups excluding carboxylic acids is 2. The second kappa shape index (κ2) is 10.9. The number of imidazole rings is 1. The molecule has 3 aliphatic carbocycles. The highest BCUT2D eigenvalue weighted by molar-refractivity contribution is 6.30. The number of likely N-dealkylation sites (tertiary alicyclic amines) is 1. The molecule has 3 fully saturated rings. The molecule has 2 saturated carbocycles. The van der Waals surface area contributed by atoms with Crippen LogP contribution in [0.4, 0.5) is 9.59 Å². The van der Waals surface area contributed by atoms with E-state index in [2.05, 4.69) is 10.3 Å². The Kier molecular flexibility index (Phi) is 7.16. The number of rotatable bonds is 6. The molecule has 3 heterocycles. The van der Waals surface area contributed by atoms with Gasteiger partial charge in [0.1, 0.15) is 17.3 Å². The molecule has 0 radical (unpaired) electrons. The van der Waals surface area contributed by atoms with Crippen LogP contribution in [-0.4, -0.2) is 61.5 Å². The fourth-order valence-electron chi connectivity index (χ4n) is 6.45. The van der Waals surface area contributed by atoms with Crippen molar-refractivity contribution in [2.24, 2.45) is 13.0 Å². The molecule has 1 saturated heterocycles. The fourth-order valence-corrected chi connectivity index (χ4v) is 6.63. The summed E-state index contributed by atoms with van der Waals surface area (Å²) in [7, 11) is 1.87. The number of hydrogen-bond acceptors (Lipinski definition) is 7. The van der Waals surface area contributed by atoms with E-state index in [4.69, 9.17) is 26.1 Å². The predicted molar refractivity (Wildman–Crippen MR) is 164 cm³/mol. The lowest BCUT2D eigenvalue weighted by atomic mass is 9.72. The molecule has 0 bridgehead atoms. The lowest BCUT2D eigenvalue weighted by Gasteiger charge is -2.42. The van der Waals surface area contributed by atoms with Gasteiger partial charge in [0.05, 0.1) is 30.0 Å². The summed E-state index contributed by atoms with van der Waals surface area (Å²) in [5.74, 6) is -0.253. The van der Waals surface area contributed by atoms with Crippen molar-refractivity contribution in [3.63, 3.8) is 0 Å². The van der Waals surface area contributed by atoms with Gasteiger partial charge in [0.2, 0.25) is 0 Å². The number of aliphatic hydroxyl groups is 1. The minimum Gasteiger partial charge on any atom is -0.446 e. The maximum atomic E-state index is 13.3. The molecule has 2 atom stereocenters. The third kappa shape index (κ3) is 5.34. The Bertz CT molecular complexity index is 1640. The fraction of sp³-hybridized carbons (Fsp3) is 0.455. The quantitative estimate of drug-likeness (QED) is 0.370. The molecule has 2 unspecified atom stereocenters. The third-order valence-electron chi connectivity index (χ3n) is 9.37. The number of hydrogen-bond donors (Lipinski definition) is 2. The Labute approximate surface area is 261 Å². The standard InChI is InChI=1S/C33H36ClN5O5/c1-32(11-12-32)44-30(40)37-28(27-18-35-19-38(27)2)25-16-20-4-3-13-36-29(20)33(42,26-8-5-22(34)17-24(25)26)21-9-14-39(15-10-21)31(41)43-23-6-7-23/h3-5,8,13,16-19,21,23,28,42H,6-7,9-12,14-15H2,1-2H3,(H,37,40). The summed E-state index contributed by atoms with van der Waals surface area (Å²) in [6.07, 6.45) is 10.9. The number of nitrogens with one attached hydrogen (secondary N) is 1. The highest BCUT2D eigenvalue weighted by Gasteiger charge is 2.48. The van der Waals surface area contributed by atoms with Crippen molar-refractivity contribution in [1.29, 1.82) is 0 Å². The van der Waals surface area contributed by atoms with Gasteiger partial charge in [-0.25, -0.2) is 14.6 Å². The summed E-state index contributed by atoms with van der Waals surface area (Å²) in [5.41, 5.74) is 2.08. The number of fused-ring (bicyclic) bond motifs is 2. The molecule has 1 aliphatic heterocycles. The maximum absolute atomic E-state index is 13.3. The molecule has 2 N–H and O–H groups in total. The van der Waals surface area contributed by atoms with E-state index >= 15 is 0 Å². The normalized spacial score (nSPS) is 23.0. The number of ether oxygens (including phenoxy) is 2. The molecule has 230 valence electrons. The smallest absolute Gasteiger partial charge is 0.410 e. The van der Waals surface area contributed by atoms with E-state index in [0.717, 1.165) is 42.5 Å². The van der Waals surface area contributed by atoms with Crippen LogP contribution < -0.4 is 5.32 Å². The highest BCUT2D eigenvalue weighted by atomic mass is 35.5. The van der Waals surface area contributed by atoms with E-state index < -0.39 is 23.3 Å². The van der Waals surface area contributed by atoms with Crippen LogP contribution in [0.2, 0.25) is 5.02 Å². The molecule has 2 aromatic heterocycles. The average molecular weight is 618 g/mol. The van der Waals surface area contributed by atoms with Crippen LogP contribution in [0, 0.1) is 5.92 Å². The lowest BCUT2D eigenvalue weighted by Crippen LogP contribution is -2.47. The first kappa shape index (κ1) is 28.9. The minimum atomic E-state index is -1.50. The molecule has 7 rings (SSSR count). The number of aromatic nitrogens is 3. The van der Waals surface area contributed by atoms with Crippen molar-refractivity contribution in [3.8, 4) is 0 Å². The summed E-state index contributed by atoms with van der Waals surface area (Å²) in [5, 5.41) is 16.6. The largest absolute Gasteiger partial charge is 0.446 e. The van der Waals surface area contributed by atoms with E-state index in [1.807, 2.05) is 48.9 Å². The van der Waals surface area contributed by atoms with E-state index in [0.29, 0.717) is 47.8 Å². The average Bonchev–Trinajstić information content (AvgIpc) is 3.93. The Morgan fingerprint density at radius 3 is 2.61 bits per heavy atom. The van der Waals surface area contributed by atoms with Crippen LogP contribution in [0.1, 0.15) is 79.6 Å². The zero-order valence-corrected chi connectivity index (χ0v) is 25.6. The van der Waals surface area contributed by atoms with Gasteiger partial charge < -0.3 is 29.4 Å². The van der Waals surface area contributed by atoms with Crippen molar-refractivity contribution in [2.75, 3.05) is 13.1 Å². The molecule has 2 amide bonds. The summed E-state index contributed by atoms with van der Waals surface area (Å²) in [4.78, 5) is 36.8. The van der Waals surface area contributed by atoms with E-state index in [1.54, 1.807) is 29.7 Å². The van der Waals surface area contributed by atoms with Gasteiger partial charge in [-0.05, 0) is 92.0 Å². The number of pyridine rings is 1. The number of nitrogens with zero attached hydrogens (tertiary/aromatic N) is 4. The molecule has 44 heavy (non-hydrogen) atoms. The first-order chi connectivity index (χ1) is 21.1. The van der Waals surface area contributed by atoms with Gasteiger partial charge in [-0.1, -0.05) is 23.7 Å². The number of benzene rings is 1. The summed E-state index contributed by atoms with van der Waals surface area (Å²) < 4.78 is 13.2. The van der Waals surface area contributed by atoms with Gasteiger partial charge in [-0.2, -0.15) is 0 Å². The monoisotopic (exact) mass is 617 g/mol. The van der Waals surface area contributed by atoms with Crippen molar-refractivity contribution < 1.29 is 24.2 Å². The van der Waals surface area contributed by atoms with E-state index in [9.17, 15) is 14.7 Å². The van der Waals surface area contributed by atoms with Crippen LogP contribution in [0.25, 0.3) is 11.6 Å². The van der Waals surface area contributed by atoms with Crippen molar-refractivity contribution in [3.05, 3.63) is 82.2 Å². The highest BCUT2D eigenvalue weighted by Crippen LogP contribution is 2.50. The molecular formula is C33H36ClN5O5. The summed E-state index contributed by atoms with van der Waals surface area (Å²) >= 11 is 6.64. The molecule has 0 spiro atoms. The van der Waals surface area contributed by atoms with Crippen molar-refractivity contribution in [2.45, 2.75) is 68.8 Å². The number of piperidine rings is 1. The first-order valence-electron chi connectivity index (χ1n) is 15.3. The second-order valence-electron chi connectivity index (χ2n) is 12.7. The summed E-state index contributed by atoms with van der Waals surface area (Å²) in [6, 6.07) is 8.54. The Morgan fingerprint density at radius 2 is 1.93 bits per heavy atom. The van der Waals surface area contributed by atoms with Gasteiger partial charge in [-0.15, -0.1) is 0 Å². The van der Waals surface area contributed by atoms with Gasteiger partial charge in [0.15, 0.2) is 0 Å². The number of amides is 2. The number of carbonyl (C=O) groups is 2. The SMILES string of the molecule is Cn1cncc1C(NC(=O)OC1(C)CC1)C1=Cc2cccnc2C(O)(C2CCN(C(=O)OC3CC3)CC2)c2ccc(Cl)cc21. The topological polar surface area (TPSA) is 119 Å². The third-order valence-corrected chi connectivity index (χ3v) is 9.60. The van der Waals surface area contributed by atoms with Gasteiger partial charge >= 0.3 is 12.2 Å². The zero-order chi connectivity index (χ0) is 30.6. The Hall–Kier alpha value is -3.89. The van der Waals surface area contributed by atoms with Crippen molar-refractivity contribution in [1.82, 2.24) is 24.8 Å². The molecule has 1 aromatic carbocycles. The van der Waals surface area contributed by atoms with Crippen LogP contribution >= 0.6 is 11.6 Å². The zero-order valence-electron chi connectivity index (χ0n) is 24.8. The summed E-state index contributed by atoms with van der Waals surface area (Å²) in [6.45, 7) is 2.85. The lowest BCUT2D eigenvalue weighted by molar-refractivity contribution is -0.0182. The van der Waals surface area contributed by atoms with Crippen LogP contribution in [0.15, 0.2) is 49.1 Å². The number of aryl methyl sites for hydroxylation is 1. The Balaban J connectivity index is 1.31. The molecule has 10 nitrogen and oxygen atoms in total. The first-order valence-corrected chi connectivity index (χ1v) is 15.6. The molecule has 4 aliphatic rings. The minimum absolute atomic E-state index is 0.0360. The predicted octanol–water partition coefficient (Wildman–Crippen LogP) is 5.59. The second-order valence-corrected chi connectivity index (χ2v) is 13.1. The van der Waals surface area contributed by atoms with Crippen LogP contribution in [0.3, 0.4) is 0 Å². The van der Waals surface area contributed by atoms with E-state index in [1.165, 1.54) is 0 Å². The maximum Gasteiger partial charge on any atom is 0.410 e. The van der Waals surface area contributed by atoms with Gasteiger partial charge in [0, 0.05) is 37.3 Å². The number of halogens is 1. The van der Waals surface area contributed by atoms with Gasteiger partial charge in [0.25, 0.3) is 0 Å². The molecule has 11 heteroatoms. The van der Waals surface area contributed by atoms with Gasteiger partial charge in [-0.3, -0.25) is 4.98 Å². The number of alkyl carbamates (subject to hydrolysis) is 1. The molecule has 3 aromatic rings. The Morgan fingerprint density at radius 1 is 1.16 bits per heavy atom. The van der Waals surface area contributed by atoms with E-state index in [-0.39, 0.29) is 18.1 Å². The molecular weight excluding hydrogens is 582 g/mol.